The maximum atomic E-state index is 5.59. The fourth-order valence-electron chi connectivity index (χ4n) is 2.08. The Morgan fingerprint density at radius 2 is 2.11 bits per heavy atom. The van der Waals surface area contributed by atoms with Gasteiger partial charge in [0.2, 0.25) is 0 Å². The van der Waals surface area contributed by atoms with Gasteiger partial charge in [0.15, 0.2) is 0 Å². The highest BCUT2D eigenvalue weighted by Gasteiger charge is 2.09. The van der Waals surface area contributed by atoms with Gasteiger partial charge in [-0.2, -0.15) is 0 Å². The van der Waals surface area contributed by atoms with Crippen LogP contribution in [0.2, 0.25) is 0 Å². The van der Waals surface area contributed by atoms with E-state index in [-0.39, 0.29) is 0 Å². The van der Waals surface area contributed by atoms with E-state index in [9.17, 15) is 0 Å². The lowest BCUT2D eigenvalue weighted by Gasteiger charge is -2.09. The summed E-state index contributed by atoms with van der Waals surface area (Å²) < 4.78 is 0. The number of rotatable bonds is 2. The summed E-state index contributed by atoms with van der Waals surface area (Å²) in [5.41, 5.74) is 5.89. The number of hydrogen-bond donors (Lipinski definition) is 2. The van der Waals surface area contributed by atoms with E-state index in [2.05, 4.69) is 47.0 Å². The van der Waals surface area contributed by atoms with Crippen molar-refractivity contribution >= 4 is 28.1 Å². The van der Waals surface area contributed by atoms with Crippen LogP contribution < -0.4 is 11.3 Å². The number of thiophene rings is 1. The van der Waals surface area contributed by atoms with Crippen LogP contribution in [-0.4, -0.2) is 4.98 Å². The summed E-state index contributed by atoms with van der Waals surface area (Å²) in [7, 11) is 0. The number of aryl methyl sites for hydroxylation is 1. The zero-order valence-corrected chi connectivity index (χ0v) is 10.8. The molecule has 0 aliphatic carbocycles. The van der Waals surface area contributed by atoms with Crippen LogP contribution in [0.4, 0.5) is 5.82 Å². The molecule has 3 rings (SSSR count). The SMILES string of the molecule is Cc1cccc2cc(-c3cccs3)c(NN)nc12. The van der Waals surface area contributed by atoms with Crippen LogP contribution in [0.25, 0.3) is 21.3 Å². The minimum Gasteiger partial charge on any atom is -0.308 e. The minimum absolute atomic E-state index is 0.722. The number of anilines is 1. The van der Waals surface area contributed by atoms with E-state index in [1.54, 1.807) is 11.3 Å². The maximum Gasteiger partial charge on any atom is 0.149 e. The third-order valence-corrected chi connectivity index (χ3v) is 3.87. The lowest BCUT2D eigenvalue weighted by Crippen LogP contribution is -2.10. The molecule has 18 heavy (non-hydrogen) atoms. The molecular weight excluding hydrogens is 242 g/mol. The molecule has 0 aliphatic rings. The van der Waals surface area contributed by atoms with E-state index in [1.165, 1.54) is 4.88 Å². The summed E-state index contributed by atoms with van der Waals surface area (Å²) in [6, 6.07) is 12.4. The average Bonchev–Trinajstić information content (AvgIpc) is 2.91. The van der Waals surface area contributed by atoms with Gasteiger partial charge in [-0.15, -0.1) is 11.3 Å². The number of hydrazine groups is 1. The molecule has 2 aromatic heterocycles. The van der Waals surface area contributed by atoms with Crippen molar-refractivity contribution in [2.45, 2.75) is 6.92 Å². The Kier molecular flexibility index (Phi) is 2.74. The molecule has 1 aromatic carbocycles. The van der Waals surface area contributed by atoms with Crippen molar-refractivity contribution in [2.75, 3.05) is 5.43 Å². The van der Waals surface area contributed by atoms with Gasteiger partial charge in [-0.3, -0.25) is 0 Å². The van der Waals surface area contributed by atoms with E-state index in [0.29, 0.717) is 0 Å². The van der Waals surface area contributed by atoms with Crippen LogP contribution in [0, 0.1) is 6.92 Å². The van der Waals surface area contributed by atoms with E-state index in [4.69, 9.17) is 5.84 Å². The molecule has 3 nitrogen and oxygen atoms in total. The van der Waals surface area contributed by atoms with Crippen LogP contribution in [-0.2, 0) is 0 Å². The van der Waals surface area contributed by atoms with Gasteiger partial charge in [-0.25, -0.2) is 10.8 Å². The van der Waals surface area contributed by atoms with Crippen LogP contribution in [0.5, 0.6) is 0 Å². The van der Waals surface area contributed by atoms with E-state index >= 15 is 0 Å². The van der Waals surface area contributed by atoms with Gasteiger partial charge in [0.1, 0.15) is 5.82 Å². The van der Waals surface area contributed by atoms with Crippen LogP contribution in [0.15, 0.2) is 41.8 Å². The van der Waals surface area contributed by atoms with E-state index in [0.717, 1.165) is 27.8 Å². The van der Waals surface area contributed by atoms with Gasteiger partial charge in [-0.05, 0) is 30.0 Å². The molecule has 2 heterocycles. The Labute approximate surface area is 109 Å². The summed E-state index contributed by atoms with van der Waals surface area (Å²) in [6.07, 6.45) is 0. The number of hydrogen-bond acceptors (Lipinski definition) is 4. The summed E-state index contributed by atoms with van der Waals surface area (Å²) in [6.45, 7) is 2.06. The van der Waals surface area contributed by atoms with Crippen LogP contribution in [0.3, 0.4) is 0 Å². The normalized spacial score (nSPS) is 10.8. The quantitative estimate of drug-likeness (QED) is 0.544. The first-order valence-corrected chi connectivity index (χ1v) is 6.58. The van der Waals surface area contributed by atoms with Gasteiger partial charge in [0.25, 0.3) is 0 Å². The first kappa shape index (κ1) is 11.2. The zero-order valence-electron chi connectivity index (χ0n) is 9.97. The van der Waals surface area contributed by atoms with Crippen LogP contribution in [0.1, 0.15) is 5.56 Å². The van der Waals surface area contributed by atoms with Crippen molar-refractivity contribution in [1.29, 1.82) is 0 Å². The minimum atomic E-state index is 0.722. The van der Waals surface area contributed by atoms with Gasteiger partial charge < -0.3 is 5.43 Å². The summed E-state index contributed by atoms with van der Waals surface area (Å²) in [5, 5.41) is 3.19. The number of nitrogens with one attached hydrogen (secondary N) is 1. The molecule has 0 spiro atoms. The number of nitrogens with two attached hydrogens (primary N) is 1. The highest BCUT2D eigenvalue weighted by Crippen LogP contribution is 2.33. The number of aromatic nitrogens is 1. The van der Waals surface area contributed by atoms with Crippen LogP contribution >= 0.6 is 11.3 Å². The number of nitrogens with zero attached hydrogens (tertiary/aromatic N) is 1. The summed E-state index contributed by atoms with van der Waals surface area (Å²) in [4.78, 5) is 5.79. The van der Waals surface area contributed by atoms with E-state index in [1.807, 2.05) is 12.1 Å². The van der Waals surface area contributed by atoms with Gasteiger partial charge >= 0.3 is 0 Å². The topological polar surface area (TPSA) is 50.9 Å². The molecule has 0 radical (unpaired) electrons. The number of nitrogen functional groups attached to an aromatic ring is 1. The molecule has 3 aromatic rings. The Balaban J connectivity index is 2.32. The number of pyridine rings is 1. The molecule has 0 fully saturated rings. The van der Waals surface area contributed by atoms with Gasteiger partial charge in [0, 0.05) is 15.8 Å². The third-order valence-electron chi connectivity index (χ3n) is 2.97. The van der Waals surface area contributed by atoms with Crippen molar-refractivity contribution < 1.29 is 0 Å². The first-order chi connectivity index (χ1) is 8.79. The molecule has 3 N–H and O–H groups in total. The highest BCUT2D eigenvalue weighted by molar-refractivity contribution is 7.13. The Morgan fingerprint density at radius 3 is 2.83 bits per heavy atom. The monoisotopic (exact) mass is 255 g/mol. The Bertz CT molecular complexity index is 690. The van der Waals surface area contributed by atoms with Gasteiger partial charge in [0.05, 0.1) is 5.52 Å². The van der Waals surface area contributed by atoms with Crippen molar-refractivity contribution in [3.8, 4) is 10.4 Å². The molecule has 0 atom stereocenters. The highest BCUT2D eigenvalue weighted by atomic mass is 32.1. The lowest BCUT2D eigenvalue weighted by atomic mass is 10.1. The average molecular weight is 255 g/mol. The largest absolute Gasteiger partial charge is 0.308 e. The molecule has 4 heteroatoms. The fraction of sp³-hybridized carbons (Fsp3) is 0.0714. The van der Waals surface area contributed by atoms with Crippen molar-refractivity contribution in [2.24, 2.45) is 5.84 Å². The van der Waals surface area contributed by atoms with Crippen molar-refractivity contribution in [3.05, 3.63) is 47.3 Å². The summed E-state index contributed by atoms with van der Waals surface area (Å²) >= 11 is 1.68. The predicted octanol–water partition coefficient (Wildman–Crippen LogP) is 3.56. The molecule has 0 aliphatic heterocycles. The number of para-hydroxylation sites is 1. The number of benzene rings is 1. The second kappa shape index (κ2) is 4.40. The third kappa shape index (κ3) is 1.75. The Hall–Kier alpha value is -1.91. The van der Waals surface area contributed by atoms with Crippen molar-refractivity contribution in [3.63, 3.8) is 0 Å². The van der Waals surface area contributed by atoms with Crippen molar-refractivity contribution in [1.82, 2.24) is 4.98 Å². The molecule has 0 saturated carbocycles. The second-order valence-corrected chi connectivity index (χ2v) is 5.10. The molecular formula is C14H13N3S. The predicted molar refractivity (Wildman–Crippen MR) is 77.6 cm³/mol. The molecule has 0 saturated heterocycles. The lowest BCUT2D eigenvalue weighted by molar-refractivity contribution is 1.26. The zero-order chi connectivity index (χ0) is 12.5. The first-order valence-electron chi connectivity index (χ1n) is 5.70. The summed E-state index contributed by atoms with van der Waals surface area (Å²) in [5.74, 6) is 6.31. The molecule has 0 amide bonds. The van der Waals surface area contributed by atoms with E-state index < -0.39 is 0 Å². The molecule has 0 bridgehead atoms. The second-order valence-electron chi connectivity index (χ2n) is 4.15. The molecule has 0 unspecified atom stereocenters. The maximum absolute atomic E-state index is 5.59. The smallest absolute Gasteiger partial charge is 0.149 e. The van der Waals surface area contributed by atoms with Gasteiger partial charge in [-0.1, -0.05) is 24.3 Å². The Morgan fingerprint density at radius 1 is 1.22 bits per heavy atom. The standard InChI is InChI=1S/C14H13N3S/c1-9-4-2-5-10-8-11(12-6-3-7-18-12)14(17-15)16-13(9)10/h2-8H,15H2,1H3,(H,16,17). The number of fused-ring (bicyclic) bond motifs is 1. The fourth-order valence-corrected chi connectivity index (χ4v) is 2.82. The molecule has 90 valence electrons.